The second-order valence-electron chi connectivity index (χ2n) is 7.34. The highest BCUT2D eigenvalue weighted by molar-refractivity contribution is 7.89. The molecule has 0 unspecified atom stereocenters. The molecule has 6 nitrogen and oxygen atoms in total. The maximum atomic E-state index is 13.6. The van der Waals surface area contributed by atoms with Crippen LogP contribution in [0.25, 0.3) is 0 Å². The van der Waals surface area contributed by atoms with Crippen LogP contribution >= 0.6 is 11.6 Å². The highest BCUT2D eigenvalue weighted by Gasteiger charge is 2.35. The minimum Gasteiger partial charge on any atom is -0.495 e. The Labute approximate surface area is 203 Å². The number of benzene rings is 3. The summed E-state index contributed by atoms with van der Waals surface area (Å²) in [6.45, 7) is 0. The van der Waals surface area contributed by atoms with E-state index in [9.17, 15) is 30.8 Å². The molecule has 0 aliphatic rings. The molecule has 2 N–H and O–H groups in total. The smallest absolute Gasteiger partial charge is 0.419 e. The standard InChI is InChI=1S/C23H19ClF4N2O4S/c1-34-20-10-7-15(24)12-21(20)35(32,33)30-19(11-14-5-3-2-4-6-14)22(31)29-16-8-9-18(25)17(13-16)23(26,27)28/h2-10,12-13,19,30H,11H2,1H3,(H,29,31)/t19-/m1/s1. The van der Waals surface area contributed by atoms with Gasteiger partial charge < -0.3 is 10.1 Å². The van der Waals surface area contributed by atoms with Gasteiger partial charge in [0.25, 0.3) is 0 Å². The van der Waals surface area contributed by atoms with Crippen LogP contribution in [0.2, 0.25) is 5.02 Å². The van der Waals surface area contributed by atoms with Crippen LogP contribution in [0, 0.1) is 5.82 Å². The summed E-state index contributed by atoms with van der Waals surface area (Å²) < 4.78 is 86.4. The number of anilines is 1. The number of sulfonamides is 1. The van der Waals surface area contributed by atoms with Crippen LogP contribution in [0.4, 0.5) is 23.2 Å². The summed E-state index contributed by atoms with van der Waals surface area (Å²) in [6, 6.07) is 12.7. The summed E-state index contributed by atoms with van der Waals surface area (Å²) in [4.78, 5) is 12.7. The fourth-order valence-corrected chi connectivity index (χ4v) is 4.83. The third-order valence-electron chi connectivity index (χ3n) is 4.85. The predicted molar refractivity (Wildman–Crippen MR) is 122 cm³/mol. The van der Waals surface area contributed by atoms with Gasteiger partial charge in [0.2, 0.25) is 15.9 Å². The number of halogens is 5. The van der Waals surface area contributed by atoms with Crippen molar-refractivity contribution in [3.63, 3.8) is 0 Å². The molecule has 12 heteroatoms. The summed E-state index contributed by atoms with van der Waals surface area (Å²) in [7, 11) is -3.13. The van der Waals surface area contributed by atoms with E-state index in [1.807, 2.05) is 0 Å². The van der Waals surface area contributed by atoms with Crippen LogP contribution in [-0.4, -0.2) is 27.5 Å². The van der Waals surface area contributed by atoms with Crippen LogP contribution in [0.3, 0.4) is 0 Å². The summed E-state index contributed by atoms with van der Waals surface area (Å²) in [5.41, 5.74) is -1.36. The lowest BCUT2D eigenvalue weighted by Gasteiger charge is -2.20. The molecule has 0 saturated carbocycles. The number of hydrogen-bond acceptors (Lipinski definition) is 4. The highest BCUT2D eigenvalue weighted by Crippen LogP contribution is 2.33. The lowest BCUT2D eigenvalue weighted by molar-refractivity contribution is -0.140. The Balaban J connectivity index is 1.95. The van der Waals surface area contributed by atoms with Crippen molar-refractivity contribution in [1.29, 1.82) is 0 Å². The number of nitrogens with one attached hydrogen (secondary N) is 2. The second-order valence-corrected chi connectivity index (χ2v) is 9.46. The molecule has 3 aromatic rings. The normalized spacial score (nSPS) is 12.7. The van der Waals surface area contributed by atoms with Gasteiger partial charge in [-0.3, -0.25) is 4.79 Å². The molecule has 186 valence electrons. The lowest BCUT2D eigenvalue weighted by atomic mass is 10.1. The van der Waals surface area contributed by atoms with Gasteiger partial charge in [-0.05, 0) is 48.4 Å². The van der Waals surface area contributed by atoms with Gasteiger partial charge in [0.15, 0.2) is 0 Å². The minimum absolute atomic E-state index is 0.0332. The first-order valence-electron chi connectivity index (χ1n) is 9.98. The van der Waals surface area contributed by atoms with E-state index in [2.05, 4.69) is 10.0 Å². The number of carbonyl (C=O) groups excluding carboxylic acids is 1. The zero-order chi connectivity index (χ0) is 25.8. The molecular formula is C23H19ClF4N2O4S. The monoisotopic (exact) mass is 530 g/mol. The maximum Gasteiger partial charge on any atom is 0.419 e. The van der Waals surface area contributed by atoms with E-state index >= 15 is 0 Å². The van der Waals surface area contributed by atoms with E-state index in [1.165, 1.54) is 19.2 Å². The molecule has 0 saturated heterocycles. The molecule has 0 aliphatic carbocycles. The Morgan fingerprint density at radius 1 is 1.06 bits per heavy atom. The number of carbonyl (C=O) groups is 1. The fourth-order valence-electron chi connectivity index (χ4n) is 3.20. The highest BCUT2D eigenvalue weighted by atomic mass is 35.5. The maximum absolute atomic E-state index is 13.6. The van der Waals surface area contributed by atoms with Gasteiger partial charge in [-0.1, -0.05) is 41.9 Å². The Morgan fingerprint density at radius 2 is 1.74 bits per heavy atom. The van der Waals surface area contributed by atoms with Gasteiger partial charge in [-0.15, -0.1) is 0 Å². The van der Waals surface area contributed by atoms with E-state index in [0.717, 1.165) is 12.1 Å². The third kappa shape index (κ3) is 6.71. The number of rotatable bonds is 8. The number of amides is 1. The lowest BCUT2D eigenvalue weighted by Crippen LogP contribution is -2.45. The molecule has 3 rings (SSSR count). The van der Waals surface area contributed by atoms with Gasteiger partial charge in [-0.2, -0.15) is 17.9 Å². The molecule has 35 heavy (non-hydrogen) atoms. The molecule has 0 fully saturated rings. The Kier molecular flexibility index (Phi) is 8.04. The zero-order valence-electron chi connectivity index (χ0n) is 18.1. The topological polar surface area (TPSA) is 84.5 Å². The van der Waals surface area contributed by atoms with Gasteiger partial charge in [0, 0.05) is 10.7 Å². The molecule has 0 aliphatic heterocycles. The van der Waals surface area contributed by atoms with Crippen molar-refractivity contribution >= 4 is 33.2 Å². The van der Waals surface area contributed by atoms with E-state index in [4.69, 9.17) is 16.3 Å². The van der Waals surface area contributed by atoms with Crippen molar-refractivity contribution in [2.45, 2.75) is 23.5 Å². The summed E-state index contributed by atoms with van der Waals surface area (Å²) in [6.07, 6.45) is -5.12. The molecule has 3 aromatic carbocycles. The van der Waals surface area contributed by atoms with E-state index < -0.39 is 39.5 Å². The summed E-state index contributed by atoms with van der Waals surface area (Å²) >= 11 is 5.93. The first kappa shape index (κ1) is 26.5. The number of alkyl halides is 3. The number of ether oxygens (including phenoxy) is 1. The van der Waals surface area contributed by atoms with Crippen molar-refractivity contribution in [2.75, 3.05) is 12.4 Å². The summed E-state index contributed by atoms with van der Waals surface area (Å²) in [5, 5.41) is 2.32. The largest absolute Gasteiger partial charge is 0.495 e. The first-order valence-corrected chi connectivity index (χ1v) is 11.8. The molecule has 0 heterocycles. The Morgan fingerprint density at radius 3 is 2.37 bits per heavy atom. The predicted octanol–water partition coefficient (Wildman–Crippen LogP) is 5.03. The van der Waals surface area contributed by atoms with Crippen LogP contribution in [-0.2, 0) is 27.4 Å². The Hall–Kier alpha value is -3.15. The molecule has 1 amide bonds. The van der Waals surface area contributed by atoms with Crippen LogP contribution in [0.15, 0.2) is 71.6 Å². The van der Waals surface area contributed by atoms with Gasteiger partial charge in [-0.25, -0.2) is 12.8 Å². The molecule has 0 aromatic heterocycles. The number of hydrogen-bond donors (Lipinski definition) is 2. The average Bonchev–Trinajstić information content (AvgIpc) is 2.79. The number of methoxy groups -OCH3 is 1. The molecule has 0 radical (unpaired) electrons. The van der Waals surface area contributed by atoms with Crippen LogP contribution in [0.1, 0.15) is 11.1 Å². The van der Waals surface area contributed by atoms with Crippen molar-refractivity contribution in [1.82, 2.24) is 4.72 Å². The fraction of sp³-hybridized carbons (Fsp3) is 0.174. The van der Waals surface area contributed by atoms with Gasteiger partial charge in [0.1, 0.15) is 22.5 Å². The van der Waals surface area contributed by atoms with Crippen molar-refractivity contribution < 1.29 is 35.5 Å². The van der Waals surface area contributed by atoms with E-state index in [0.29, 0.717) is 17.7 Å². The van der Waals surface area contributed by atoms with Gasteiger partial charge >= 0.3 is 6.18 Å². The van der Waals surface area contributed by atoms with Crippen LogP contribution in [0.5, 0.6) is 5.75 Å². The van der Waals surface area contributed by atoms with E-state index in [1.54, 1.807) is 30.3 Å². The van der Waals surface area contributed by atoms with Crippen LogP contribution < -0.4 is 14.8 Å². The second kappa shape index (κ2) is 10.6. The SMILES string of the molecule is COc1ccc(Cl)cc1S(=O)(=O)N[C@H](Cc1ccccc1)C(=O)Nc1ccc(F)c(C(F)(F)F)c1. The molecular weight excluding hydrogens is 512 g/mol. The minimum atomic E-state index is -4.99. The van der Waals surface area contributed by atoms with E-state index in [-0.39, 0.29) is 27.8 Å². The first-order chi connectivity index (χ1) is 16.4. The molecule has 0 bridgehead atoms. The van der Waals surface area contributed by atoms with Gasteiger partial charge in [0.05, 0.1) is 12.7 Å². The quantitative estimate of drug-likeness (QED) is 0.400. The summed E-state index contributed by atoms with van der Waals surface area (Å²) in [5.74, 6) is -2.50. The zero-order valence-corrected chi connectivity index (χ0v) is 19.6. The van der Waals surface area contributed by atoms with Crippen molar-refractivity contribution in [3.8, 4) is 5.75 Å². The third-order valence-corrected chi connectivity index (χ3v) is 6.58. The molecule has 0 spiro atoms. The Bertz CT molecular complexity index is 1320. The molecule has 1 atom stereocenters. The average molecular weight is 531 g/mol. The van der Waals surface area contributed by atoms with Crippen molar-refractivity contribution in [3.05, 3.63) is 88.7 Å². The van der Waals surface area contributed by atoms with Crippen molar-refractivity contribution in [2.24, 2.45) is 0 Å².